The number of ether oxygens (including phenoxy) is 1. The van der Waals surface area contributed by atoms with E-state index in [4.69, 9.17) is 10.5 Å². The molecule has 0 aliphatic carbocycles. The Labute approximate surface area is 68.3 Å². The zero-order chi connectivity index (χ0) is 9.11. The summed E-state index contributed by atoms with van der Waals surface area (Å²) in [6.07, 6.45) is 1.72. The van der Waals surface area contributed by atoms with Crippen molar-refractivity contribution >= 4 is 6.41 Å². The van der Waals surface area contributed by atoms with Crippen LogP contribution in [0, 0.1) is 0 Å². The molecule has 0 aliphatic heterocycles. The van der Waals surface area contributed by atoms with Gasteiger partial charge >= 0.3 is 0 Å². The monoisotopic (exact) mass is 162 g/mol. The number of rotatable bonds is 4. The highest BCUT2D eigenvalue weighted by Crippen LogP contribution is 1.70. The first-order chi connectivity index (χ1) is 5.18. The van der Waals surface area contributed by atoms with E-state index in [0.717, 1.165) is 26.0 Å². The summed E-state index contributed by atoms with van der Waals surface area (Å²) < 4.78 is 4.70. The van der Waals surface area contributed by atoms with Crippen molar-refractivity contribution in [3.63, 3.8) is 0 Å². The van der Waals surface area contributed by atoms with Crippen LogP contribution in [0.2, 0.25) is 0 Å². The van der Waals surface area contributed by atoms with Crippen molar-refractivity contribution in [2.45, 2.75) is 6.42 Å². The summed E-state index contributed by atoms with van der Waals surface area (Å²) in [5, 5.41) is 0. The average molecular weight is 162 g/mol. The highest BCUT2D eigenvalue weighted by Gasteiger charge is 1.74. The highest BCUT2D eigenvalue weighted by molar-refractivity contribution is 5.45. The van der Waals surface area contributed by atoms with Crippen LogP contribution in [-0.4, -0.2) is 45.7 Å². The number of nitrogens with two attached hydrogens (primary N) is 1. The van der Waals surface area contributed by atoms with E-state index in [2.05, 4.69) is 0 Å². The van der Waals surface area contributed by atoms with Crippen molar-refractivity contribution in [1.82, 2.24) is 4.90 Å². The third-order valence-corrected chi connectivity index (χ3v) is 0.763. The van der Waals surface area contributed by atoms with Crippen molar-refractivity contribution in [2.75, 3.05) is 34.4 Å². The Kier molecular flexibility index (Phi) is 14.3. The molecule has 0 fully saturated rings. The van der Waals surface area contributed by atoms with E-state index in [9.17, 15) is 4.79 Å². The molecule has 0 radical (unpaired) electrons. The van der Waals surface area contributed by atoms with Gasteiger partial charge in [0.1, 0.15) is 0 Å². The van der Waals surface area contributed by atoms with E-state index in [1.165, 1.54) is 4.90 Å². The van der Waals surface area contributed by atoms with Crippen LogP contribution in [0.4, 0.5) is 0 Å². The van der Waals surface area contributed by atoms with E-state index in [1.54, 1.807) is 21.2 Å². The minimum Gasteiger partial charge on any atom is -0.385 e. The molecular weight excluding hydrogens is 144 g/mol. The number of amides is 1. The third-order valence-electron chi connectivity index (χ3n) is 0.763. The normalized spacial score (nSPS) is 8.00. The number of carbonyl (C=O) groups excluding carboxylic acids is 1. The van der Waals surface area contributed by atoms with Crippen LogP contribution in [0.1, 0.15) is 6.42 Å². The van der Waals surface area contributed by atoms with E-state index < -0.39 is 0 Å². The van der Waals surface area contributed by atoms with Gasteiger partial charge in [-0.25, -0.2) is 0 Å². The number of carbonyl (C=O) groups is 1. The SMILES string of the molecule is CN(C)C=O.COCCCN. The molecule has 0 saturated carbocycles. The number of methoxy groups -OCH3 is 1. The zero-order valence-electron chi connectivity index (χ0n) is 7.54. The van der Waals surface area contributed by atoms with Gasteiger partial charge in [0, 0.05) is 27.8 Å². The zero-order valence-corrected chi connectivity index (χ0v) is 7.54. The predicted molar refractivity (Wildman–Crippen MR) is 45.3 cm³/mol. The second-order valence-corrected chi connectivity index (χ2v) is 2.20. The molecule has 0 unspecified atom stereocenters. The Morgan fingerprint density at radius 3 is 2.09 bits per heavy atom. The lowest BCUT2D eigenvalue weighted by molar-refractivity contribution is -0.115. The van der Waals surface area contributed by atoms with Crippen LogP contribution in [0.5, 0.6) is 0 Å². The van der Waals surface area contributed by atoms with Gasteiger partial charge in [-0.2, -0.15) is 0 Å². The largest absolute Gasteiger partial charge is 0.385 e. The summed E-state index contributed by atoms with van der Waals surface area (Å²) in [5.74, 6) is 0. The molecule has 2 N–H and O–H groups in total. The molecule has 0 atom stereocenters. The molecule has 0 spiro atoms. The third kappa shape index (κ3) is 26.6. The van der Waals surface area contributed by atoms with Gasteiger partial charge in [-0.05, 0) is 13.0 Å². The molecule has 1 amide bonds. The summed E-state index contributed by atoms with van der Waals surface area (Å²) >= 11 is 0. The standard InChI is InChI=1S/C4H11NO.C3H7NO/c1-6-4-2-3-5;1-4(2)3-5/h2-5H2,1H3;3H,1-2H3. The fraction of sp³-hybridized carbons (Fsp3) is 0.857. The number of nitrogens with zero attached hydrogens (tertiary/aromatic N) is 1. The fourth-order valence-electron chi connectivity index (χ4n) is 0.228. The highest BCUT2D eigenvalue weighted by atomic mass is 16.5. The Hall–Kier alpha value is -0.610. The predicted octanol–water partition coefficient (Wildman–Crippen LogP) is -0.314. The molecule has 4 heteroatoms. The Balaban J connectivity index is 0. The lowest BCUT2D eigenvalue weighted by Gasteiger charge is -1.93. The quantitative estimate of drug-likeness (QED) is 0.455. The average Bonchev–Trinajstić information content (AvgIpc) is 2.02. The van der Waals surface area contributed by atoms with Gasteiger partial charge in [-0.3, -0.25) is 4.79 Å². The Morgan fingerprint density at radius 2 is 2.00 bits per heavy atom. The van der Waals surface area contributed by atoms with Gasteiger partial charge in [0.15, 0.2) is 0 Å². The molecule has 0 heterocycles. The molecule has 0 aromatic carbocycles. The Morgan fingerprint density at radius 1 is 1.55 bits per heavy atom. The van der Waals surface area contributed by atoms with Gasteiger partial charge < -0.3 is 15.4 Å². The van der Waals surface area contributed by atoms with E-state index >= 15 is 0 Å². The molecule has 4 nitrogen and oxygen atoms in total. The molecule has 0 aliphatic rings. The van der Waals surface area contributed by atoms with Crippen molar-refractivity contribution in [1.29, 1.82) is 0 Å². The Bertz CT molecular complexity index is 72.8. The van der Waals surface area contributed by atoms with Crippen LogP contribution in [-0.2, 0) is 9.53 Å². The molecule has 0 bridgehead atoms. The van der Waals surface area contributed by atoms with E-state index in [1.807, 2.05) is 0 Å². The first kappa shape index (κ1) is 13.0. The van der Waals surface area contributed by atoms with Gasteiger partial charge in [-0.1, -0.05) is 0 Å². The van der Waals surface area contributed by atoms with E-state index in [-0.39, 0.29) is 0 Å². The first-order valence-corrected chi connectivity index (χ1v) is 3.49. The van der Waals surface area contributed by atoms with Crippen LogP contribution in [0.15, 0.2) is 0 Å². The maximum Gasteiger partial charge on any atom is 0.209 e. The van der Waals surface area contributed by atoms with Crippen LogP contribution < -0.4 is 5.73 Å². The number of hydrogen-bond acceptors (Lipinski definition) is 3. The maximum absolute atomic E-state index is 9.43. The van der Waals surface area contributed by atoms with Gasteiger partial charge in [-0.15, -0.1) is 0 Å². The lowest BCUT2D eigenvalue weighted by atomic mass is 10.5. The summed E-state index contributed by atoms with van der Waals surface area (Å²) in [7, 11) is 5.05. The molecule has 0 saturated heterocycles. The van der Waals surface area contributed by atoms with Crippen LogP contribution in [0.3, 0.4) is 0 Å². The van der Waals surface area contributed by atoms with Crippen molar-refractivity contribution in [2.24, 2.45) is 5.73 Å². The van der Waals surface area contributed by atoms with E-state index in [0.29, 0.717) is 0 Å². The van der Waals surface area contributed by atoms with Crippen LogP contribution >= 0.6 is 0 Å². The second-order valence-electron chi connectivity index (χ2n) is 2.20. The lowest BCUT2D eigenvalue weighted by Crippen LogP contribution is -2.06. The smallest absolute Gasteiger partial charge is 0.209 e. The molecular formula is C7H18N2O2. The summed E-state index contributed by atoms with van der Waals surface area (Å²) in [6.45, 7) is 1.52. The van der Waals surface area contributed by atoms with Gasteiger partial charge in [0.25, 0.3) is 0 Å². The van der Waals surface area contributed by atoms with Crippen molar-refractivity contribution in [3.8, 4) is 0 Å². The number of hydrogen-bond donors (Lipinski definition) is 1. The second kappa shape index (κ2) is 12.1. The molecule has 68 valence electrons. The van der Waals surface area contributed by atoms with Crippen molar-refractivity contribution in [3.05, 3.63) is 0 Å². The first-order valence-electron chi connectivity index (χ1n) is 3.49. The molecule has 11 heavy (non-hydrogen) atoms. The van der Waals surface area contributed by atoms with Crippen molar-refractivity contribution < 1.29 is 9.53 Å². The fourth-order valence-corrected chi connectivity index (χ4v) is 0.228. The minimum absolute atomic E-state index is 0.730. The molecule has 0 aromatic rings. The molecule has 0 aromatic heterocycles. The maximum atomic E-state index is 9.43. The summed E-state index contributed by atoms with van der Waals surface area (Å²) in [5.41, 5.74) is 5.13. The summed E-state index contributed by atoms with van der Waals surface area (Å²) in [6, 6.07) is 0. The van der Waals surface area contributed by atoms with Gasteiger partial charge in [0.2, 0.25) is 6.41 Å². The van der Waals surface area contributed by atoms with Gasteiger partial charge in [0.05, 0.1) is 0 Å². The molecule has 0 rings (SSSR count). The minimum atomic E-state index is 0.730. The summed E-state index contributed by atoms with van der Waals surface area (Å²) in [4.78, 5) is 10.9. The van der Waals surface area contributed by atoms with Crippen LogP contribution in [0.25, 0.3) is 0 Å². The topological polar surface area (TPSA) is 55.6 Å².